The molecule has 2 rings (SSSR count). The molecule has 4 heteroatoms. The quantitative estimate of drug-likeness (QED) is 0.796. The van der Waals surface area contributed by atoms with E-state index in [1.54, 1.807) is 11.3 Å². The Hall–Kier alpha value is -0.0700. The Labute approximate surface area is 121 Å². The molecule has 0 saturated carbocycles. The summed E-state index contributed by atoms with van der Waals surface area (Å²) in [6.45, 7) is 4.08. The van der Waals surface area contributed by atoms with Crippen molar-refractivity contribution >= 4 is 33.9 Å². The van der Waals surface area contributed by atoms with Crippen LogP contribution in [-0.4, -0.2) is 13.2 Å². The van der Waals surface area contributed by atoms with Gasteiger partial charge in [0.2, 0.25) is 0 Å². The normalized spacial score (nSPS) is 17.4. The summed E-state index contributed by atoms with van der Waals surface area (Å²) in [4.78, 5) is 0. The average Bonchev–Trinajstić information content (AvgIpc) is 2.78. The van der Waals surface area contributed by atoms with Crippen molar-refractivity contribution in [2.75, 3.05) is 13.2 Å². The van der Waals surface area contributed by atoms with E-state index in [0.29, 0.717) is 0 Å². The number of allylic oxidation sites excluding steroid dienone is 1. The predicted molar refractivity (Wildman–Crippen MR) is 81.3 cm³/mol. The van der Waals surface area contributed by atoms with E-state index in [1.807, 2.05) is 0 Å². The van der Waals surface area contributed by atoms with Gasteiger partial charge < -0.3 is 10.1 Å². The predicted octanol–water partition coefficient (Wildman–Crippen LogP) is 4.09. The van der Waals surface area contributed by atoms with Crippen LogP contribution in [0.15, 0.2) is 23.3 Å². The Morgan fingerprint density at radius 3 is 3.06 bits per heavy atom. The van der Waals surface area contributed by atoms with Gasteiger partial charge in [0.15, 0.2) is 0 Å². The molecule has 0 amide bonds. The smallest absolute Gasteiger partial charge is 0.113 e. The minimum atomic E-state index is 0.245. The van der Waals surface area contributed by atoms with Crippen molar-refractivity contribution in [1.29, 1.82) is 0 Å². The number of halogens is 1. The highest BCUT2D eigenvalue weighted by atomic mass is 127. The van der Waals surface area contributed by atoms with E-state index in [-0.39, 0.29) is 6.04 Å². The monoisotopic (exact) mass is 363 g/mol. The Morgan fingerprint density at radius 1 is 1.59 bits per heavy atom. The molecule has 94 valence electrons. The van der Waals surface area contributed by atoms with Gasteiger partial charge in [0.1, 0.15) is 5.76 Å². The molecular formula is C13H18INOS. The second-order valence-electron chi connectivity index (χ2n) is 4.17. The molecular weight excluding hydrogens is 345 g/mol. The lowest BCUT2D eigenvalue weighted by molar-refractivity contribution is 0.168. The number of nitrogens with one attached hydrogen (secondary N) is 1. The van der Waals surface area contributed by atoms with Crippen LogP contribution in [0.3, 0.4) is 0 Å². The van der Waals surface area contributed by atoms with E-state index in [2.05, 4.69) is 52.4 Å². The highest BCUT2D eigenvalue weighted by Gasteiger charge is 2.20. The van der Waals surface area contributed by atoms with E-state index in [0.717, 1.165) is 38.2 Å². The molecule has 0 spiro atoms. The second kappa shape index (κ2) is 6.75. The third-order valence-corrected chi connectivity index (χ3v) is 4.57. The van der Waals surface area contributed by atoms with Gasteiger partial charge in [-0.2, -0.15) is 0 Å². The lowest BCUT2D eigenvalue weighted by Gasteiger charge is -2.24. The van der Waals surface area contributed by atoms with Crippen molar-refractivity contribution in [3.8, 4) is 0 Å². The topological polar surface area (TPSA) is 21.3 Å². The van der Waals surface area contributed by atoms with Gasteiger partial charge in [0.25, 0.3) is 0 Å². The summed E-state index contributed by atoms with van der Waals surface area (Å²) in [6.07, 6.45) is 5.67. The lowest BCUT2D eigenvalue weighted by atomic mass is 10.1. The van der Waals surface area contributed by atoms with Crippen LogP contribution in [0.1, 0.15) is 37.8 Å². The fourth-order valence-electron chi connectivity index (χ4n) is 1.92. The third-order valence-electron chi connectivity index (χ3n) is 2.77. The number of hydrogen-bond acceptors (Lipinski definition) is 3. The maximum Gasteiger partial charge on any atom is 0.113 e. The summed E-state index contributed by atoms with van der Waals surface area (Å²) in [5.41, 5.74) is 1.33. The van der Waals surface area contributed by atoms with Crippen molar-refractivity contribution < 1.29 is 4.74 Å². The van der Waals surface area contributed by atoms with Crippen LogP contribution < -0.4 is 5.32 Å². The summed E-state index contributed by atoms with van der Waals surface area (Å²) < 4.78 is 7.13. The molecule has 2 nitrogen and oxygen atoms in total. The molecule has 0 saturated heterocycles. The summed E-state index contributed by atoms with van der Waals surface area (Å²) >= 11 is 4.17. The van der Waals surface area contributed by atoms with Crippen molar-refractivity contribution in [2.24, 2.45) is 0 Å². The Morgan fingerprint density at radius 2 is 2.47 bits per heavy atom. The van der Waals surface area contributed by atoms with Crippen LogP contribution in [0.25, 0.3) is 0 Å². The van der Waals surface area contributed by atoms with E-state index in [9.17, 15) is 0 Å². The number of thiophene rings is 1. The molecule has 1 atom stereocenters. The van der Waals surface area contributed by atoms with Gasteiger partial charge in [-0.3, -0.25) is 0 Å². The molecule has 2 heterocycles. The van der Waals surface area contributed by atoms with Gasteiger partial charge in [-0.1, -0.05) is 6.92 Å². The Bertz CT molecular complexity index is 389. The van der Waals surface area contributed by atoms with Crippen LogP contribution in [-0.2, 0) is 4.74 Å². The van der Waals surface area contributed by atoms with Gasteiger partial charge in [0.05, 0.1) is 15.5 Å². The fourth-order valence-corrected chi connectivity index (χ4v) is 3.32. The number of hydrogen-bond donors (Lipinski definition) is 1. The summed E-state index contributed by atoms with van der Waals surface area (Å²) in [5.74, 6) is 1.11. The molecule has 17 heavy (non-hydrogen) atoms. The minimum absolute atomic E-state index is 0.245. The molecule has 1 aromatic heterocycles. The molecule has 1 aliphatic heterocycles. The first kappa shape index (κ1) is 13.4. The Balaban J connectivity index is 2.15. The summed E-state index contributed by atoms with van der Waals surface area (Å²) in [5, 5.41) is 5.81. The third kappa shape index (κ3) is 3.69. The molecule has 0 fully saturated rings. The molecule has 1 aliphatic rings. The van der Waals surface area contributed by atoms with Crippen molar-refractivity contribution in [3.63, 3.8) is 0 Å². The summed E-state index contributed by atoms with van der Waals surface area (Å²) in [7, 11) is 0. The zero-order chi connectivity index (χ0) is 12.1. The van der Waals surface area contributed by atoms with Gasteiger partial charge >= 0.3 is 0 Å². The minimum Gasteiger partial charge on any atom is -0.496 e. The maximum absolute atomic E-state index is 5.80. The SMILES string of the molecule is CCCNC(C1=CCCCO1)c1csc(I)c1. The van der Waals surface area contributed by atoms with Crippen LogP contribution in [0.5, 0.6) is 0 Å². The summed E-state index contributed by atoms with van der Waals surface area (Å²) in [6, 6.07) is 2.49. The molecule has 0 aliphatic carbocycles. The maximum atomic E-state index is 5.80. The molecule has 0 aromatic carbocycles. The fraction of sp³-hybridized carbons (Fsp3) is 0.538. The van der Waals surface area contributed by atoms with Gasteiger partial charge in [-0.15, -0.1) is 11.3 Å². The first-order valence-electron chi connectivity index (χ1n) is 6.11. The Kier molecular flexibility index (Phi) is 5.31. The second-order valence-corrected chi connectivity index (χ2v) is 6.97. The zero-order valence-electron chi connectivity index (χ0n) is 10.0. The molecule has 1 N–H and O–H groups in total. The number of rotatable bonds is 5. The molecule has 0 radical (unpaired) electrons. The van der Waals surface area contributed by atoms with E-state index < -0.39 is 0 Å². The number of ether oxygens (including phenoxy) is 1. The van der Waals surface area contributed by atoms with E-state index >= 15 is 0 Å². The van der Waals surface area contributed by atoms with E-state index in [4.69, 9.17) is 4.74 Å². The first-order chi connectivity index (χ1) is 8.31. The zero-order valence-corrected chi connectivity index (χ0v) is 13.0. The van der Waals surface area contributed by atoms with Gasteiger partial charge in [-0.05, 0) is 71.5 Å². The van der Waals surface area contributed by atoms with Crippen LogP contribution in [0, 0.1) is 2.88 Å². The first-order valence-corrected chi connectivity index (χ1v) is 8.07. The molecule has 1 aromatic rings. The largest absolute Gasteiger partial charge is 0.496 e. The lowest BCUT2D eigenvalue weighted by Crippen LogP contribution is -2.25. The molecule has 1 unspecified atom stereocenters. The molecule has 0 bridgehead atoms. The van der Waals surface area contributed by atoms with Crippen LogP contribution in [0.2, 0.25) is 0 Å². The van der Waals surface area contributed by atoms with Gasteiger partial charge in [0, 0.05) is 0 Å². The standard InChI is InChI=1S/C13H18INOS/c1-2-6-15-13(10-8-12(14)17-9-10)11-5-3-4-7-16-11/h5,8-9,13,15H,2-4,6-7H2,1H3. The van der Waals surface area contributed by atoms with Crippen molar-refractivity contribution in [1.82, 2.24) is 5.32 Å². The van der Waals surface area contributed by atoms with Crippen molar-refractivity contribution in [2.45, 2.75) is 32.2 Å². The van der Waals surface area contributed by atoms with Crippen LogP contribution >= 0.6 is 33.9 Å². The van der Waals surface area contributed by atoms with Crippen molar-refractivity contribution in [3.05, 3.63) is 31.7 Å². The highest BCUT2D eigenvalue weighted by Crippen LogP contribution is 2.29. The van der Waals surface area contributed by atoms with Crippen LogP contribution in [0.4, 0.5) is 0 Å². The van der Waals surface area contributed by atoms with Gasteiger partial charge in [-0.25, -0.2) is 0 Å². The van der Waals surface area contributed by atoms with E-state index in [1.165, 1.54) is 8.45 Å². The highest BCUT2D eigenvalue weighted by molar-refractivity contribution is 14.1. The average molecular weight is 363 g/mol.